The van der Waals surface area contributed by atoms with Gasteiger partial charge in [-0.3, -0.25) is 0 Å². The Kier molecular flexibility index (Phi) is 6.55. The zero-order chi connectivity index (χ0) is 11.0. The van der Waals surface area contributed by atoms with Gasteiger partial charge in [0.25, 0.3) is 0 Å². The molecule has 0 saturated heterocycles. The summed E-state index contributed by atoms with van der Waals surface area (Å²) in [4.78, 5) is 0. The van der Waals surface area contributed by atoms with Crippen molar-refractivity contribution in [3.63, 3.8) is 0 Å². The molecular formula is C11H20O2Si. The summed E-state index contributed by atoms with van der Waals surface area (Å²) >= 11 is 0. The van der Waals surface area contributed by atoms with Gasteiger partial charge >= 0.3 is 0 Å². The van der Waals surface area contributed by atoms with Gasteiger partial charge in [0.05, 0.1) is 13.2 Å². The predicted molar refractivity (Wildman–Crippen MR) is 63.0 cm³/mol. The molecule has 0 heterocycles. The molecule has 0 amide bonds. The third-order valence-corrected chi connectivity index (χ3v) is 2.27. The van der Waals surface area contributed by atoms with Gasteiger partial charge in [-0.15, -0.1) is 5.54 Å². The monoisotopic (exact) mass is 212 g/mol. The Morgan fingerprint density at radius 1 is 1.21 bits per heavy atom. The maximum Gasteiger partial charge on any atom is 0.129 e. The summed E-state index contributed by atoms with van der Waals surface area (Å²) in [5.41, 5.74) is 4.31. The first kappa shape index (κ1) is 13.4. The number of ether oxygens (including phenoxy) is 2. The van der Waals surface area contributed by atoms with Crippen LogP contribution in [0.3, 0.4) is 0 Å². The molecule has 0 unspecified atom stereocenters. The Balaban J connectivity index is 4.41. The highest BCUT2D eigenvalue weighted by atomic mass is 28.3. The maximum absolute atomic E-state index is 5.06. The predicted octanol–water partition coefficient (Wildman–Crippen LogP) is 2.09. The molecule has 0 radical (unpaired) electrons. The van der Waals surface area contributed by atoms with Gasteiger partial charge in [-0.25, -0.2) is 0 Å². The van der Waals surface area contributed by atoms with E-state index >= 15 is 0 Å². The van der Waals surface area contributed by atoms with E-state index in [4.69, 9.17) is 9.47 Å². The summed E-state index contributed by atoms with van der Waals surface area (Å²) < 4.78 is 10.0. The molecule has 0 bridgehead atoms. The van der Waals surface area contributed by atoms with Crippen LogP contribution in [0.1, 0.15) is 0 Å². The fourth-order valence-electron chi connectivity index (χ4n) is 0.753. The fourth-order valence-corrected chi connectivity index (χ4v) is 1.29. The van der Waals surface area contributed by atoms with Gasteiger partial charge < -0.3 is 9.47 Å². The summed E-state index contributed by atoms with van der Waals surface area (Å²) in [5.74, 6) is 3.16. The molecule has 80 valence electrons. The molecule has 0 aliphatic heterocycles. The molecule has 0 aromatic carbocycles. The molecule has 3 heteroatoms. The fraction of sp³-hybridized carbons (Fsp3) is 0.636. The molecule has 0 aromatic rings. The smallest absolute Gasteiger partial charge is 0.129 e. The normalized spacial score (nSPS) is 12.2. The molecule has 0 aromatic heterocycles. The molecule has 0 aliphatic carbocycles. The van der Waals surface area contributed by atoms with Crippen LogP contribution in [0.25, 0.3) is 0 Å². The van der Waals surface area contributed by atoms with Crippen molar-refractivity contribution in [3.8, 4) is 11.5 Å². The van der Waals surface area contributed by atoms with Gasteiger partial charge in [0.1, 0.15) is 8.07 Å². The highest BCUT2D eigenvalue weighted by molar-refractivity contribution is 6.83. The van der Waals surface area contributed by atoms with Gasteiger partial charge in [0.15, 0.2) is 0 Å². The Morgan fingerprint density at radius 2 is 1.86 bits per heavy atom. The van der Waals surface area contributed by atoms with E-state index < -0.39 is 8.07 Å². The van der Waals surface area contributed by atoms with Crippen molar-refractivity contribution in [3.05, 3.63) is 11.6 Å². The number of methoxy groups -OCH3 is 2. The van der Waals surface area contributed by atoms with E-state index in [1.807, 2.05) is 6.08 Å². The van der Waals surface area contributed by atoms with Crippen LogP contribution in [0.4, 0.5) is 0 Å². The molecule has 2 nitrogen and oxygen atoms in total. The second-order valence-electron chi connectivity index (χ2n) is 4.12. The summed E-state index contributed by atoms with van der Waals surface area (Å²) in [6, 6.07) is 0. The molecule has 0 spiro atoms. The Labute approximate surface area is 88.3 Å². The van der Waals surface area contributed by atoms with E-state index in [2.05, 4.69) is 31.1 Å². The summed E-state index contributed by atoms with van der Waals surface area (Å²) in [7, 11) is 2.06. The molecule has 0 saturated carbocycles. The van der Waals surface area contributed by atoms with Crippen molar-refractivity contribution in [1.82, 2.24) is 0 Å². The first-order chi connectivity index (χ1) is 6.49. The van der Waals surface area contributed by atoms with E-state index in [9.17, 15) is 0 Å². The van der Waals surface area contributed by atoms with Gasteiger partial charge in [-0.2, -0.15) is 0 Å². The van der Waals surface area contributed by atoms with E-state index in [0.717, 1.165) is 5.57 Å². The minimum Gasteiger partial charge on any atom is -0.381 e. The topological polar surface area (TPSA) is 18.5 Å². The minimum absolute atomic E-state index is 0.570. The summed E-state index contributed by atoms with van der Waals surface area (Å²) in [5, 5.41) is 0. The van der Waals surface area contributed by atoms with Crippen molar-refractivity contribution in [2.24, 2.45) is 0 Å². The van der Waals surface area contributed by atoms with Crippen LogP contribution in [0.2, 0.25) is 19.6 Å². The van der Waals surface area contributed by atoms with Gasteiger partial charge in [0, 0.05) is 19.8 Å². The van der Waals surface area contributed by atoms with Gasteiger partial charge in [-0.1, -0.05) is 25.6 Å². The first-order valence-electron chi connectivity index (χ1n) is 4.69. The minimum atomic E-state index is -1.29. The standard InChI is InChI=1S/C11H20O2Si/c1-12-8-6-11(10-13-2)7-9-14(3,4)5/h6H,8,10H2,1-5H3/b11-6-. The van der Waals surface area contributed by atoms with Crippen molar-refractivity contribution < 1.29 is 9.47 Å². The quantitative estimate of drug-likeness (QED) is 0.525. The van der Waals surface area contributed by atoms with Gasteiger partial charge in [-0.05, 0) is 6.08 Å². The SMILES string of the molecule is COC/C=C(/C#C[Si](C)(C)C)COC. The van der Waals surface area contributed by atoms with Crippen LogP contribution in [-0.4, -0.2) is 35.5 Å². The lowest BCUT2D eigenvalue weighted by Crippen LogP contribution is -2.16. The van der Waals surface area contributed by atoms with Crippen LogP contribution < -0.4 is 0 Å². The molecule has 14 heavy (non-hydrogen) atoms. The van der Waals surface area contributed by atoms with Gasteiger partial charge in [0.2, 0.25) is 0 Å². The van der Waals surface area contributed by atoms with Crippen LogP contribution >= 0.6 is 0 Å². The lowest BCUT2D eigenvalue weighted by atomic mass is 10.3. The van der Waals surface area contributed by atoms with E-state index in [-0.39, 0.29) is 0 Å². The highest BCUT2D eigenvalue weighted by Gasteiger charge is 2.07. The Morgan fingerprint density at radius 3 is 2.29 bits per heavy atom. The maximum atomic E-state index is 5.06. The zero-order valence-electron chi connectivity index (χ0n) is 9.81. The number of rotatable bonds is 4. The average molecular weight is 212 g/mol. The molecule has 0 fully saturated rings. The average Bonchev–Trinajstić information content (AvgIpc) is 2.08. The molecule has 0 atom stereocenters. The van der Waals surface area contributed by atoms with Crippen molar-refractivity contribution in [2.45, 2.75) is 19.6 Å². The Hall–Kier alpha value is -0.563. The van der Waals surface area contributed by atoms with Crippen molar-refractivity contribution in [2.75, 3.05) is 27.4 Å². The second-order valence-corrected chi connectivity index (χ2v) is 8.87. The first-order valence-corrected chi connectivity index (χ1v) is 8.19. The van der Waals surface area contributed by atoms with Crippen LogP contribution in [0.15, 0.2) is 11.6 Å². The van der Waals surface area contributed by atoms with Crippen LogP contribution in [0.5, 0.6) is 0 Å². The second kappa shape index (κ2) is 6.83. The van der Waals surface area contributed by atoms with Crippen molar-refractivity contribution >= 4 is 8.07 Å². The third-order valence-electron chi connectivity index (χ3n) is 1.39. The lowest BCUT2D eigenvalue weighted by Gasteiger charge is -2.04. The van der Waals surface area contributed by atoms with Crippen molar-refractivity contribution in [1.29, 1.82) is 0 Å². The van der Waals surface area contributed by atoms with E-state index in [0.29, 0.717) is 13.2 Å². The third kappa shape index (κ3) is 8.05. The van der Waals surface area contributed by atoms with E-state index in [1.54, 1.807) is 14.2 Å². The van der Waals surface area contributed by atoms with Crippen LogP contribution in [0, 0.1) is 11.5 Å². The highest BCUT2D eigenvalue weighted by Crippen LogP contribution is 1.99. The molecule has 0 aliphatic rings. The van der Waals surface area contributed by atoms with E-state index in [1.165, 1.54) is 0 Å². The molecule has 0 N–H and O–H groups in total. The zero-order valence-corrected chi connectivity index (χ0v) is 10.8. The summed E-state index contributed by atoms with van der Waals surface area (Å²) in [6.45, 7) is 7.84. The molecular weight excluding hydrogens is 192 g/mol. The summed E-state index contributed by atoms with van der Waals surface area (Å²) in [6.07, 6.45) is 1.97. The molecule has 0 rings (SSSR count). The number of hydrogen-bond donors (Lipinski definition) is 0. The largest absolute Gasteiger partial charge is 0.381 e. The number of hydrogen-bond acceptors (Lipinski definition) is 2. The van der Waals surface area contributed by atoms with Crippen LogP contribution in [-0.2, 0) is 9.47 Å². The lowest BCUT2D eigenvalue weighted by molar-refractivity contribution is 0.220. The Bertz CT molecular complexity index is 240.